The van der Waals surface area contributed by atoms with Crippen LogP contribution >= 0.6 is 23.1 Å². The van der Waals surface area contributed by atoms with Crippen LogP contribution in [0.5, 0.6) is 0 Å². The molecule has 4 rings (SSSR count). The third-order valence-electron chi connectivity index (χ3n) is 4.78. The lowest BCUT2D eigenvalue weighted by Crippen LogP contribution is -2.14. The van der Waals surface area contributed by atoms with Gasteiger partial charge >= 0.3 is 0 Å². The number of amides is 2. The average molecular weight is 427 g/mol. The van der Waals surface area contributed by atoms with Crippen LogP contribution in [-0.4, -0.2) is 27.5 Å². The molecular formula is C21H22N4O2S2. The summed E-state index contributed by atoms with van der Waals surface area (Å²) in [5.41, 5.74) is 2.59. The summed E-state index contributed by atoms with van der Waals surface area (Å²) in [6.07, 6.45) is 2.29. The van der Waals surface area contributed by atoms with Gasteiger partial charge in [-0.15, -0.1) is 11.3 Å². The van der Waals surface area contributed by atoms with Crippen molar-refractivity contribution in [2.45, 2.75) is 44.6 Å². The van der Waals surface area contributed by atoms with Crippen LogP contribution in [0.3, 0.4) is 0 Å². The van der Waals surface area contributed by atoms with E-state index in [-0.39, 0.29) is 17.6 Å². The monoisotopic (exact) mass is 426 g/mol. The maximum atomic E-state index is 12.5. The van der Waals surface area contributed by atoms with E-state index in [2.05, 4.69) is 24.5 Å². The molecule has 3 aromatic rings. The summed E-state index contributed by atoms with van der Waals surface area (Å²) in [7, 11) is 0. The summed E-state index contributed by atoms with van der Waals surface area (Å²) in [4.78, 5) is 35.4. The summed E-state index contributed by atoms with van der Waals surface area (Å²) in [6, 6.07) is 7.07. The second-order valence-corrected chi connectivity index (χ2v) is 9.39. The van der Waals surface area contributed by atoms with Crippen molar-refractivity contribution in [2.75, 3.05) is 16.4 Å². The number of fused-ring (bicyclic) bond motifs is 1. The molecule has 1 fully saturated rings. The fourth-order valence-corrected chi connectivity index (χ4v) is 5.02. The zero-order valence-corrected chi connectivity index (χ0v) is 18.2. The zero-order valence-electron chi connectivity index (χ0n) is 16.5. The number of aromatic nitrogens is 2. The van der Waals surface area contributed by atoms with Gasteiger partial charge in [-0.25, -0.2) is 9.97 Å². The van der Waals surface area contributed by atoms with Crippen molar-refractivity contribution in [3.05, 3.63) is 40.5 Å². The van der Waals surface area contributed by atoms with Gasteiger partial charge in [-0.1, -0.05) is 11.8 Å². The Kier molecular flexibility index (Phi) is 5.56. The average Bonchev–Trinajstić information content (AvgIpc) is 3.48. The predicted molar refractivity (Wildman–Crippen MR) is 119 cm³/mol. The Balaban J connectivity index is 1.46. The van der Waals surface area contributed by atoms with Gasteiger partial charge < -0.3 is 10.6 Å². The van der Waals surface area contributed by atoms with Crippen LogP contribution in [0.4, 0.5) is 11.4 Å². The molecule has 0 radical (unpaired) electrons. The number of nitrogens with one attached hydrogen (secondary N) is 2. The van der Waals surface area contributed by atoms with E-state index in [0.29, 0.717) is 17.3 Å². The van der Waals surface area contributed by atoms with E-state index in [1.807, 2.05) is 0 Å². The minimum atomic E-state index is -0.126. The molecule has 2 aromatic heterocycles. The van der Waals surface area contributed by atoms with Crippen molar-refractivity contribution in [1.82, 2.24) is 9.97 Å². The molecule has 1 aliphatic rings. The molecule has 1 aliphatic carbocycles. The highest BCUT2D eigenvalue weighted by molar-refractivity contribution is 8.00. The Bertz CT molecular complexity index is 1090. The van der Waals surface area contributed by atoms with Gasteiger partial charge in [0.1, 0.15) is 15.7 Å². The van der Waals surface area contributed by atoms with Crippen molar-refractivity contribution in [3.63, 3.8) is 0 Å². The second kappa shape index (κ2) is 8.12. The van der Waals surface area contributed by atoms with Crippen LogP contribution in [0.1, 0.15) is 41.9 Å². The number of benzene rings is 1. The number of thiophene rings is 1. The molecule has 1 aromatic carbocycles. The molecule has 0 saturated heterocycles. The van der Waals surface area contributed by atoms with Gasteiger partial charge in [0, 0.05) is 34.5 Å². The van der Waals surface area contributed by atoms with Crippen LogP contribution in [0.2, 0.25) is 0 Å². The third kappa shape index (κ3) is 4.59. The number of carbonyl (C=O) groups excluding carboxylic acids is 2. The molecule has 0 atom stereocenters. The van der Waals surface area contributed by atoms with Crippen molar-refractivity contribution in [1.29, 1.82) is 0 Å². The summed E-state index contributed by atoms with van der Waals surface area (Å²) < 4.78 is 0. The molecule has 150 valence electrons. The van der Waals surface area contributed by atoms with Gasteiger partial charge in [0.15, 0.2) is 0 Å². The molecule has 2 heterocycles. The summed E-state index contributed by atoms with van der Waals surface area (Å²) in [5.74, 6) is 1.44. The number of anilines is 2. The molecular weight excluding hydrogens is 404 g/mol. The highest BCUT2D eigenvalue weighted by atomic mass is 32.2. The summed E-state index contributed by atoms with van der Waals surface area (Å²) >= 11 is 3.16. The van der Waals surface area contributed by atoms with Crippen LogP contribution in [0.25, 0.3) is 10.2 Å². The van der Waals surface area contributed by atoms with Crippen LogP contribution in [0.15, 0.2) is 29.3 Å². The van der Waals surface area contributed by atoms with E-state index >= 15 is 0 Å². The van der Waals surface area contributed by atoms with E-state index in [1.54, 1.807) is 35.6 Å². The van der Waals surface area contributed by atoms with E-state index in [4.69, 9.17) is 9.97 Å². The predicted octanol–water partition coefficient (Wildman–Crippen LogP) is 4.87. The molecule has 0 bridgehead atoms. The fraction of sp³-hybridized carbons (Fsp3) is 0.333. The SMILES string of the molecule is CC(=O)Nc1ccc(NC(=O)CSc2nc(C3CC3)nc3sc(C)c(C)c23)cc1. The maximum absolute atomic E-state index is 12.5. The van der Waals surface area contributed by atoms with E-state index in [1.165, 1.54) is 29.1 Å². The first-order valence-electron chi connectivity index (χ1n) is 9.48. The molecule has 29 heavy (non-hydrogen) atoms. The van der Waals surface area contributed by atoms with Gasteiger partial charge in [-0.3, -0.25) is 9.59 Å². The van der Waals surface area contributed by atoms with Gasteiger partial charge in [0.2, 0.25) is 11.8 Å². The molecule has 1 saturated carbocycles. The number of hydrogen-bond acceptors (Lipinski definition) is 6. The van der Waals surface area contributed by atoms with E-state index in [0.717, 1.165) is 33.9 Å². The Morgan fingerprint density at radius 1 is 1.10 bits per heavy atom. The van der Waals surface area contributed by atoms with Gasteiger partial charge in [0.05, 0.1) is 5.75 Å². The Labute approximate surface area is 177 Å². The molecule has 6 nitrogen and oxygen atoms in total. The Morgan fingerprint density at radius 3 is 2.38 bits per heavy atom. The van der Waals surface area contributed by atoms with Gasteiger partial charge in [0.25, 0.3) is 0 Å². The molecule has 0 aliphatic heterocycles. The molecule has 2 N–H and O–H groups in total. The molecule has 2 amide bonds. The Hall–Kier alpha value is -2.45. The normalized spacial score (nSPS) is 13.5. The van der Waals surface area contributed by atoms with Crippen molar-refractivity contribution in [2.24, 2.45) is 0 Å². The number of hydrogen-bond donors (Lipinski definition) is 2. The first-order valence-corrected chi connectivity index (χ1v) is 11.3. The largest absolute Gasteiger partial charge is 0.326 e. The molecule has 0 unspecified atom stereocenters. The number of carbonyl (C=O) groups is 2. The summed E-state index contributed by atoms with van der Waals surface area (Å²) in [6.45, 7) is 5.65. The highest BCUT2D eigenvalue weighted by Crippen LogP contribution is 2.42. The van der Waals surface area contributed by atoms with Crippen LogP contribution < -0.4 is 10.6 Å². The minimum Gasteiger partial charge on any atom is -0.326 e. The summed E-state index contributed by atoms with van der Waals surface area (Å²) in [5, 5.41) is 7.58. The van der Waals surface area contributed by atoms with Gasteiger partial charge in [-0.2, -0.15) is 0 Å². The number of aryl methyl sites for hydroxylation is 2. The number of rotatable bonds is 6. The second-order valence-electron chi connectivity index (χ2n) is 7.22. The van der Waals surface area contributed by atoms with Crippen molar-refractivity contribution in [3.8, 4) is 0 Å². The first-order chi connectivity index (χ1) is 13.9. The lowest BCUT2D eigenvalue weighted by atomic mass is 10.2. The highest BCUT2D eigenvalue weighted by Gasteiger charge is 2.28. The van der Waals surface area contributed by atoms with Crippen LogP contribution in [-0.2, 0) is 9.59 Å². The number of nitrogens with zero attached hydrogens (tertiary/aromatic N) is 2. The topological polar surface area (TPSA) is 84.0 Å². The van der Waals surface area contributed by atoms with Crippen molar-refractivity contribution < 1.29 is 9.59 Å². The number of thioether (sulfide) groups is 1. The zero-order chi connectivity index (χ0) is 20.5. The lowest BCUT2D eigenvalue weighted by molar-refractivity contribution is -0.114. The maximum Gasteiger partial charge on any atom is 0.234 e. The molecule has 0 spiro atoms. The van der Waals surface area contributed by atoms with E-state index < -0.39 is 0 Å². The lowest BCUT2D eigenvalue weighted by Gasteiger charge is -2.08. The third-order valence-corrected chi connectivity index (χ3v) is 6.86. The van der Waals surface area contributed by atoms with E-state index in [9.17, 15) is 9.59 Å². The smallest absolute Gasteiger partial charge is 0.234 e. The van der Waals surface area contributed by atoms with Crippen molar-refractivity contribution >= 4 is 56.5 Å². The Morgan fingerprint density at radius 2 is 1.76 bits per heavy atom. The first kappa shape index (κ1) is 19.8. The standard InChI is InChI=1S/C21H22N4O2S2/c1-11-12(2)29-21-18(11)20(24-19(25-21)14-4-5-14)28-10-17(27)23-16-8-6-15(7-9-16)22-13(3)26/h6-9,14H,4-5,10H2,1-3H3,(H,22,26)(H,23,27). The molecule has 8 heteroatoms. The quantitative estimate of drug-likeness (QED) is 0.434. The van der Waals surface area contributed by atoms with Gasteiger partial charge in [-0.05, 0) is 56.5 Å². The fourth-order valence-electron chi connectivity index (χ4n) is 3.03. The minimum absolute atomic E-state index is 0.0911. The van der Waals surface area contributed by atoms with Crippen LogP contribution in [0, 0.1) is 13.8 Å².